The fraction of sp³-hybridized carbons (Fsp3) is 0.240. The molecule has 0 saturated heterocycles. The Morgan fingerprint density at radius 2 is 1.78 bits per heavy atom. The fourth-order valence-electron chi connectivity index (χ4n) is 3.21. The number of oxazole rings is 1. The second kappa shape index (κ2) is 10.9. The van der Waals surface area contributed by atoms with Gasteiger partial charge in [0.2, 0.25) is 5.89 Å². The molecular formula is C25H26N4O3. The number of unbranched alkanes of at least 4 members (excludes halogenated alkanes) is 1. The molecule has 2 heterocycles. The molecule has 0 amide bonds. The summed E-state index contributed by atoms with van der Waals surface area (Å²) in [6.45, 7) is 1.26. The number of ether oxygens (including phenoxy) is 2. The minimum Gasteiger partial charge on any atom is -0.497 e. The van der Waals surface area contributed by atoms with Crippen molar-refractivity contribution in [3.05, 3.63) is 89.9 Å². The maximum atomic E-state index is 5.84. The van der Waals surface area contributed by atoms with E-state index in [1.807, 2.05) is 59.4 Å². The molecule has 0 unspecified atom stereocenters. The van der Waals surface area contributed by atoms with Crippen LogP contribution in [0.15, 0.2) is 71.6 Å². The predicted molar refractivity (Wildman–Crippen MR) is 122 cm³/mol. The molecule has 0 radical (unpaired) electrons. The van der Waals surface area contributed by atoms with Gasteiger partial charge < -0.3 is 13.9 Å². The van der Waals surface area contributed by atoms with Gasteiger partial charge in [-0.15, -0.1) is 5.10 Å². The molecule has 0 N–H and O–H groups in total. The summed E-state index contributed by atoms with van der Waals surface area (Å²) in [4.78, 5) is 4.45. The first-order chi connectivity index (χ1) is 15.8. The fourth-order valence-corrected chi connectivity index (χ4v) is 3.21. The number of methoxy groups -OCH3 is 1. The van der Waals surface area contributed by atoms with Gasteiger partial charge in [-0.1, -0.05) is 29.5 Å². The van der Waals surface area contributed by atoms with Gasteiger partial charge in [-0.05, 0) is 60.7 Å². The highest BCUT2D eigenvalue weighted by molar-refractivity contribution is 5.66. The van der Waals surface area contributed by atoms with Crippen LogP contribution < -0.4 is 9.47 Å². The first-order valence-electron chi connectivity index (χ1n) is 10.6. The lowest BCUT2D eigenvalue weighted by Crippen LogP contribution is -1.99. The molecule has 0 atom stereocenters. The standard InChI is InChI=1S/C25H26N4O3/c1-30-23-10-5-21(6-11-23)9-14-25-27-22(19-32-25)18-31-24-12-7-20(8-13-24)4-2-3-16-29-17-15-26-28-29/h5-15,17,19H,2-4,16,18H2,1H3. The Morgan fingerprint density at radius 3 is 2.53 bits per heavy atom. The van der Waals surface area contributed by atoms with Gasteiger partial charge in [0.1, 0.15) is 30.1 Å². The van der Waals surface area contributed by atoms with Crippen molar-refractivity contribution in [2.75, 3.05) is 7.11 Å². The van der Waals surface area contributed by atoms with Crippen LogP contribution in [0.4, 0.5) is 0 Å². The summed E-state index contributed by atoms with van der Waals surface area (Å²) in [6.07, 6.45) is 12.2. The number of aromatic nitrogens is 4. The molecular weight excluding hydrogens is 404 g/mol. The summed E-state index contributed by atoms with van der Waals surface area (Å²) in [5.41, 5.74) is 3.08. The van der Waals surface area contributed by atoms with Crippen LogP contribution in [-0.4, -0.2) is 27.1 Å². The molecule has 0 spiro atoms. The van der Waals surface area contributed by atoms with E-state index in [0.29, 0.717) is 12.5 Å². The summed E-state index contributed by atoms with van der Waals surface area (Å²) in [5.74, 6) is 2.18. The number of hydrogen-bond donors (Lipinski definition) is 0. The van der Waals surface area contributed by atoms with Gasteiger partial charge in [0.15, 0.2) is 0 Å². The highest BCUT2D eigenvalue weighted by Crippen LogP contribution is 2.17. The molecule has 2 aromatic heterocycles. The minimum absolute atomic E-state index is 0.358. The maximum absolute atomic E-state index is 5.84. The van der Waals surface area contributed by atoms with Crippen molar-refractivity contribution in [2.24, 2.45) is 0 Å². The number of aryl methyl sites for hydroxylation is 2. The van der Waals surface area contributed by atoms with E-state index >= 15 is 0 Å². The molecule has 164 valence electrons. The van der Waals surface area contributed by atoms with E-state index in [0.717, 1.165) is 48.6 Å². The van der Waals surface area contributed by atoms with E-state index < -0.39 is 0 Å². The number of nitrogens with zero attached hydrogens (tertiary/aromatic N) is 4. The molecule has 0 aliphatic rings. The Labute approximate surface area is 187 Å². The molecule has 0 aliphatic carbocycles. The summed E-state index contributed by atoms with van der Waals surface area (Å²) in [5, 5.41) is 7.80. The van der Waals surface area contributed by atoms with E-state index in [2.05, 4.69) is 27.4 Å². The lowest BCUT2D eigenvalue weighted by molar-refractivity contribution is 0.301. The van der Waals surface area contributed by atoms with Crippen molar-refractivity contribution in [1.29, 1.82) is 0 Å². The summed E-state index contributed by atoms with van der Waals surface area (Å²) in [6, 6.07) is 16.0. The second-order valence-corrected chi connectivity index (χ2v) is 7.34. The molecule has 7 nitrogen and oxygen atoms in total. The Hall–Kier alpha value is -3.87. The number of rotatable bonds is 11. The zero-order valence-electron chi connectivity index (χ0n) is 18.1. The molecule has 0 fully saturated rings. The summed E-state index contributed by atoms with van der Waals surface area (Å²) >= 11 is 0. The molecule has 32 heavy (non-hydrogen) atoms. The van der Waals surface area contributed by atoms with E-state index in [1.165, 1.54) is 5.56 Å². The van der Waals surface area contributed by atoms with Gasteiger partial charge in [-0.3, -0.25) is 4.68 Å². The van der Waals surface area contributed by atoms with Gasteiger partial charge in [-0.25, -0.2) is 4.98 Å². The van der Waals surface area contributed by atoms with Crippen LogP contribution in [0.1, 0.15) is 35.6 Å². The Morgan fingerprint density at radius 1 is 0.969 bits per heavy atom. The van der Waals surface area contributed by atoms with Crippen molar-refractivity contribution in [1.82, 2.24) is 20.0 Å². The molecule has 7 heteroatoms. The van der Waals surface area contributed by atoms with Crippen molar-refractivity contribution >= 4 is 12.2 Å². The zero-order chi connectivity index (χ0) is 22.0. The minimum atomic E-state index is 0.358. The van der Waals surface area contributed by atoms with Gasteiger partial charge in [0.05, 0.1) is 13.3 Å². The van der Waals surface area contributed by atoms with Gasteiger partial charge in [-0.2, -0.15) is 0 Å². The lowest BCUT2D eigenvalue weighted by atomic mass is 10.1. The van der Waals surface area contributed by atoms with Gasteiger partial charge >= 0.3 is 0 Å². The highest BCUT2D eigenvalue weighted by Gasteiger charge is 2.03. The van der Waals surface area contributed by atoms with Gasteiger partial charge in [0.25, 0.3) is 0 Å². The van der Waals surface area contributed by atoms with Crippen LogP contribution in [0.5, 0.6) is 11.5 Å². The zero-order valence-corrected chi connectivity index (χ0v) is 18.1. The monoisotopic (exact) mass is 430 g/mol. The largest absolute Gasteiger partial charge is 0.497 e. The Kier molecular flexibility index (Phi) is 7.31. The molecule has 0 aliphatic heterocycles. The van der Waals surface area contributed by atoms with Crippen LogP contribution in [0, 0.1) is 0 Å². The lowest BCUT2D eigenvalue weighted by Gasteiger charge is -2.06. The number of benzene rings is 2. The van der Waals surface area contributed by atoms with Crippen LogP contribution in [0.2, 0.25) is 0 Å². The smallest absolute Gasteiger partial charge is 0.218 e. The van der Waals surface area contributed by atoms with Crippen LogP contribution in [0.25, 0.3) is 12.2 Å². The third-order valence-corrected chi connectivity index (χ3v) is 4.99. The molecule has 4 rings (SSSR count). The SMILES string of the molecule is COc1ccc(C=Cc2nc(COc3ccc(CCCCn4ccnn4)cc3)co2)cc1. The quantitative estimate of drug-likeness (QED) is 0.310. The van der Waals surface area contributed by atoms with E-state index in [1.54, 1.807) is 19.6 Å². The Bertz CT molecular complexity index is 1100. The summed E-state index contributed by atoms with van der Waals surface area (Å²) < 4.78 is 18.4. The van der Waals surface area contributed by atoms with Crippen molar-refractivity contribution in [2.45, 2.75) is 32.4 Å². The third kappa shape index (κ3) is 6.31. The van der Waals surface area contributed by atoms with Gasteiger partial charge in [0, 0.05) is 18.8 Å². The molecule has 4 aromatic rings. The van der Waals surface area contributed by atoms with E-state index in [4.69, 9.17) is 13.9 Å². The predicted octanol–water partition coefficient (Wildman–Crippen LogP) is 5.05. The van der Waals surface area contributed by atoms with Crippen LogP contribution in [0.3, 0.4) is 0 Å². The van der Waals surface area contributed by atoms with Crippen LogP contribution >= 0.6 is 0 Å². The third-order valence-electron chi connectivity index (χ3n) is 4.99. The second-order valence-electron chi connectivity index (χ2n) is 7.34. The topological polar surface area (TPSA) is 75.2 Å². The maximum Gasteiger partial charge on any atom is 0.218 e. The highest BCUT2D eigenvalue weighted by atomic mass is 16.5. The van der Waals surface area contributed by atoms with Crippen molar-refractivity contribution < 1.29 is 13.9 Å². The van der Waals surface area contributed by atoms with Crippen LogP contribution in [-0.2, 0) is 19.6 Å². The first-order valence-corrected chi connectivity index (χ1v) is 10.6. The van der Waals surface area contributed by atoms with E-state index in [-0.39, 0.29) is 0 Å². The Balaban J connectivity index is 1.20. The van der Waals surface area contributed by atoms with E-state index in [9.17, 15) is 0 Å². The average Bonchev–Trinajstić information content (AvgIpc) is 3.52. The first kappa shape index (κ1) is 21.4. The normalized spacial score (nSPS) is 11.2. The molecule has 0 saturated carbocycles. The van der Waals surface area contributed by atoms with Crippen molar-refractivity contribution in [3.63, 3.8) is 0 Å². The summed E-state index contributed by atoms with van der Waals surface area (Å²) in [7, 11) is 1.65. The number of hydrogen-bond acceptors (Lipinski definition) is 6. The molecule has 0 bridgehead atoms. The average molecular weight is 431 g/mol. The molecule has 2 aromatic carbocycles. The van der Waals surface area contributed by atoms with Crippen molar-refractivity contribution in [3.8, 4) is 11.5 Å².